The van der Waals surface area contributed by atoms with E-state index in [0.717, 1.165) is 25.9 Å². The van der Waals surface area contributed by atoms with Crippen molar-refractivity contribution in [2.45, 2.75) is 38.8 Å². The van der Waals surface area contributed by atoms with Gasteiger partial charge in [-0.1, -0.05) is 6.92 Å². The zero-order chi connectivity index (χ0) is 12.1. The Morgan fingerprint density at radius 1 is 1.56 bits per heavy atom. The van der Waals surface area contributed by atoms with Crippen LogP contribution in [0, 0.1) is 0 Å². The number of hydrogen-bond acceptors (Lipinski definition) is 3. The molecule has 0 aromatic carbocycles. The molecule has 0 spiro atoms. The zero-order valence-electron chi connectivity index (χ0n) is 11.0. The highest BCUT2D eigenvalue weighted by molar-refractivity contribution is 5.78. The van der Waals surface area contributed by atoms with E-state index in [9.17, 15) is 4.79 Å². The second-order valence-electron chi connectivity index (χ2n) is 4.94. The fraction of sp³-hybridized carbons (Fsp3) is 0.917. The zero-order valence-corrected chi connectivity index (χ0v) is 11.0. The molecule has 1 saturated heterocycles. The molecule has 1 amide bonds. The molecule has 2 atom stereocenters. The Hall–Kier alpha value is -0.610. The van der Waals surface area contributed by atoms with Gasteiger partial charge in [-0.05, 0) is 33.9 Å². The highest BCUT2D eigenvalue weighted by atomic mass is 16.2. The maximum absolute atomic E-state index is 11.9. The molecule has 0 aromatic rings. The van der Waals surface area contributed by atoms with E-state index in [0.29, 0.717) is 18.6 Å². The predicted molar refractivity (Wildman–Crippen MR) is 66.4 cm³/mol. The largest absolute Gasteiger partial charge is 0.340 e. The first kappa shape index (κ1) is 13.5. The number of hydrogen-bond donors (Lipinski definition) is 1. The number of carbonyl (C=O) groups is 1. The molecule has 16 heavy (non-hydrogen) atoms. The first-order valence-electron chi connectivity index (χ1n) is 6.22. The topological polar surface area (TPSA) is 35.6 Å². The Balaban J connectivity index is 2.28. The van der Waals surface area contributed by atoms with E-state index in [1.165, 1.54) is 0 Å². The molecule has 0 bridgehead atoms. The molecular weight excluding hydrogens is 202 g/mol. The van der Waals surface area contributed by atoms with Crippen LogP contribution < -0.4 is 5.32 Å². The third-order valence-corrected chi connectivity index (χ3v) is 3.46. The summed E-state index contributed by atoms with van der Waals surface area (Å²) in [5.74, 6) is 0.240. The Kier molecular flexibility index (Phi) is 5.22. The number of likely N-dealkylation sites (tertiary alicyclic amines) is 1. The molecule has 1 aliphatic rings. The Labute approximate surface area is 99.0 Å². The number of rotatable bonds is 5. The van der Waals surface area contributed by atoms with Crippen molar-refractivity contribution in [3.05, 3.63) is 0 Å². The van der Waals surface area contributed by atoms with E-state index in [1.54, 1.807) is 0 Å². The lowest BCUT2D eigenvalue weighted by atomic mass is 10.2. The van der Waals surface area contributed by atoms with Crippen molar-refractivity contribution < 1.29 is 4.79 Å². The molecule has 0 aromatic heterocycles. The van der Waals surface area contributed by atoms with Gasteiger partial charge in [-0.25, -0.2) is 0 Å². The summed E-state index contributed by atoms with van der Waals surface area (Å²) in [6, 6.07) is 0.962. The van der Waals surface area contributed by atoms with Crippen LogP contribution in [-0.4, -0.2) is 61.5 Å². The highest BCUT2D eigenvalue weighted by Crippen LogP contribution is 2.12. The molecule has 0 saturated carbocycles. The molecule has 0 aliphatic carbocycles. The minimum absolute atomic E-state index is 0.240. The average molecular weight is 227 g/mol. The van der Waals surface area contributed by atoms with E-state index in [2.05, 4.69) is 38.2 Å². The van der Waals surface area contributed by atoms with Crippen molar-refractivity contribution in [3.8, 4) is 0 Å². The van der Waals surface area contributed by atoms with Crippen molar-refractivity contribution in [2.24, 2.45) is 0 Å². The van der Waals surface area contributed by atoms with E-state index < -0.39 is 0 Å². The minimum Gasteiger partial charge on any atom is -0.340 e. The number of nitrogens with one attached hydrogen (secondary N) is 1. The minimum atomic E-state index is 0.240. The maximum atomic E-state index is 11.9. The van der Waals surface area contributed by atoms with Gasteiger partial charge in [0, 0.05) is 25.2 Å². The molecular formula is C12H25N3O. The van der Waals surface area contributed by atoms with Crippen LogP contribution in [0.4, 0.5) is 0 Å². The average Bonchev–Trinajstić information content (AvgIpc) is 2.74. The van der Waals surface area contributed by atoms with Crippen molar-refractivity contribution >= 4 is 5.91 Å². The summed E-state index contributed by atoms with van der Waals surface area (Å²) in [4.78, 5) is 16.1. The van der Waals surface area contributed by atoms with Gasteiger partial charge in [-0.3, -0.25) is 4.79 Å². The van der Waals surface area contributed by atoms with Crippen LogP contribution in [-0.2, 0) is 4.79 Å². The standard InChI is InChI=1S/C12H25N3O/c1-5-10(2)13-8-12(16)15-7-6-11(9-15)14(3)4/h10-11,13H,5-9H2,1-4H3. The SMILES string of the molecule is CCC(C)NCC(=O)N1CCC(N(C)C)C1. The molecule has 1 aliphatic heterocycles. The number of likely N-dealkylation sites (N-methyl/N-ethyl adjacent to an activating group) is 1. The van der Waals surface area contributed by atoms with E-state index >= 15 is 0 Å². The summed E-state index contributed by atoms with van der Waals surface area (Å²) in [6.45, 7) is 6.51. The molecule has 1 rings (SSSR count). The van der Waals surface area contributed by atoms with Crippen molar-refractivity contribution in [3.63, 3.8) is 0 Å². The van der Waals surface area contributed by atoms with Crippen LogP contribution in [0.25, 0.3) is 0 Å². The lowest BCUT2D eigenvalue weighted by Crippen LogP contribution is -2.41. The number of carbonyl (C=O) groups excluding carboxylic acids is 1. The Morgan fingerprint density at radius 3 is 2.75 bits per heavy atom. The van der Waals surface area contributed by atoms with Crippen LogP contribution >= 0.6 is 0 Å². The first-order valence-corrected chi connectivity index (χ1v) is 6.22. The smallest absolute Gasteiger partial charge is 0.236 e. The van der Waals surface area contributed by atoms with Crippen LogP contribution in [0.2, 0.25) is 0 Å². The molecule has 1 heterocycles. The predicted octanol–water partition coefficient (Wildman–Crippen LogP) is 0.537. The van der Waals surface area contributed by atoms with Crippen LogP contribution in [0.3, 0.4) is 0 Å². The second-order valence-corrected chi connectivity index (χ2v) is 4.94. The summed E-state index contributed by atoms with van der Waals surface area (Å²) in [5, 5.41) is 3.25. The van der Waals surface area contributed by atoms with Gasteiger partial charge in [0.1, 0.15) is 0 Å². The monoisotopic (exact) mass is 227 g/mol. The summed E-state index contributed by atoms with van der Waals surface area (Å²) >= 11 is 0. The lowest BCUT2D eigenvalue weighted by molar-refractivity contribution is -0.129. The van der Waals surface area contributed by atoms with Gasteiger partial charge < -0.3 is 15.1 Å². The highest BCUT2D eigenvalue weighted by Gasteiger charge is 2.26. The quantitative estimate of drug-likeness (QED) is 0.744. The van der Waals surface area contributed by atoms with Crippen molar-refractivity contribution in [1.82, 2.24) is 15.1 Å². The van der Waals surface area contributed by atoms with Crippen molar-refractivity contribution in [2.75, 3.05) is 33.7 Å². The normalized spacial score (nSPS) is 22.8. The third-order valence-electron chi connectivity index (χ3n) is 3.46. The number of amides is 1. The van der Waals surface area contributed by atoms with Gasteiger partial charge in [0.15, 0.2) is 0 Å². The third kappa shape index (κ3) is 3.76. The summed E-state index contributed by atoms with van der Waals surface area (Å²) in [7, 11) is 4.16. The second kappa shape index (κ2) is 6.21. The fourth-order valence-corrected chi connectivity index (χ4v) is 1.91. The van der Waals surface area contributed by atoms with Gasteiger partial charge in [0.25, 0.3) is 0 Å². The van der Waals surface area contributed by atoms with Crippen molar-refractivity contribution in [1.29, 1.82) is 0 Å². The van der Waals surface area contributed by atoms with Gasteiger partial charge in [0.2, 0.25) is 5.91 Å². The van der Waals surface area contributed by atoms with Crippen LogP contribution in [0.1, 0.15) is 26.7 Å². The van der Waals surface area contributed by atoms with Gasteiger partial charge >= 0.3 is 0 Å². The van der Waals surface area contributed by atoms with Gasteiger partial charge in [-0.15, -0.1) is 0 Å². The van der Waals surface area contributed by atoms with E-state index in [1.807, 2.05) is 4.90 Å². The molecule has 1 N–H and O–H groups in total. The molecule has 2 unspecified atom stereocenters. The molecule has 1 fully saturated rings. The van der Waals surface area contributed by atoms with Crippen LogP contribution in [0.15, 0.2) is 0 Å². The molecule has 4 heteroatoms. The molecule has 94 valence electrons. The van der Waals surface area contributed by atoms with Crippen LogP contribution in [0.5, 0.6) is 0 Å². The van der Waals surface area contributed by atoms with Gasteiger partial charge in [-0.2, -0.15) is 0 Å². The molecule has 0 radical (unpaired) electrons. The summed E-state index contributed by atoms with van der Waals surface area (Å²) < 4.78 is 0. The summed E-state index contributed by atoms with van der Waals surface area (Å²) in [6.07, 6.45) is 2.16. The molecule has 4 nitrogen and oxygen atoms in total. The Bertz CT molecular complexity index is 230. The Morgan fingerprint density at radius 2 is 2.25 bits per heavy atom. The van der Waals surface area contributed by atoms with Gasteiger partial charge in [0.05, 0.1) is 6.54 Å². The fourth-order valence-electron chi connectivity index (χ4n) is 1.91. The first-order chi connectivity index (χ1) is 7.54. The van der Waals surface area contributed by atoms with E-state index in [-0.39, 0.29) is 5.91 Å². The number of nitrogens with zero attached hydrogens (tertiary/aromatic N) is 2. The summed E-state index contributed by atoms with van der Waals surface area (Å²) in [5.41, 5.74) is 0. The lowest BCUT2D eigenvalue weighted by Gasteiger charge is -2.21. The van der Waals surface area contributed by atoms with E-state index in [4.69, 9.17) is 0 Å². The maximum Gasteiger partial charge on any atom is 0.236 e.